The molecule has 1 aromatic carbocycles. The van der Waals surface area contributed by atoms with Crippen LogP contribution in [0, 0.1) is 12.8 Å². The predicted octanol–water partition coefficient (Wildman–Crippen LogP) is 3.89. The third-order valence-corrected chi connectivity index (χ3v) is 4.29. The predicted molar refractivity (Wildman–Crippen MR) is 85.2 cm³/mol. The number of nitrogens with one attached hydrogen (secondary N) is 1. The van der Waals surface area contributed by atoms with Crippen molar-refractivity contribution in [1.82, 2.24) is 5.32 Å². The first-order valence-corrected chi connectivity index (χ1v) is 8.03. The van der Waals surface area contributed by atoms with Gasteiger partial charge < -0.3 is 10.1 Å². The summed E-state index contributed by atoms with van der Waals surface area (Å²) < 4.78 is 5.63. The molecular formula is C18H29NO. The van der Waals surface area contributed by atoms with E-state index in [1.807, 2.05) is 0 Å². The van der Waals surface area contributed by atoms with Crippen LogP contribution in [0.5, 0.6) is 0 Å². The smallest absolute Gasteiger partial charge is 0.0591 e. The summed E-state index contributed by atoms with van der Waals surface area (Å²) in [5.41, 5.74) is 2.98. The lowest BCUT2D eigenvalue weighted by Crippen LogP contribution is -2.41. The van der Waals surface area contributed by atoms with Gasteiger partial charge in [-0.3, -0.25) is 0 Å². The third kappa shape index (κ3) is 4.60. The summed E-state index contributed by atoms with van der Waals surface area (Å²) in [5, 5.41) is 3.60. The third-order valence-electron chi connectivity index (χ3n) is 4.29. The second kappa shape index (κ2) is 7.80. The Hall–Kier alpha value is -0.860. The number of rotatable bonds is 8. The Morgan fingerprint density at radius 1 is 1.20 bits per heavy atom. The van der Waals surface area contributed by atoms with Crippen LogP contribution < -0.4 is 5.32 Å². The minimum Gasteiger partial charge on any atom is -0.380 e. The summed E-state index contributed by atoms with van der Waals surface area (Å²) in [6.45, 7) is 9.43. The maximum atomic E-state index is 5.63. The molecule has 0 bridgehead atoms. The molecule has 0 aromatic heterocycles. The lowest BCUT2D eigenvalue weighted by molar-refractivity contribution is 0.119. The first-order chi connectivity index (χ1) is 9.66. The van der Waals surface area contributed by atoms with Crippen molar-refractivity contribution in [2.24, 2.45) is 5.92 Å². The molecule has 0 saturated heterocycles. The van der Waals surface area contributed by atoms with Gasteiger partial charge in [-0.1, -0.05) is 38.1 Å². The first-order valence-electron chi connectivity index (χ1n) is 8.03. The van der Waals surface area contributed by atoms with E-state index in [-0.39, 0.29) is 0 Å². The highest BCUT2D eigenvalue weighted by Gasteiger charge is 2.30. The lowest BCUT2D eigenvalue weighted by Gasteiger charge is -2.37. The Bertz CT molecular complexity index is 396. The van der Waals surface area contributed by atoms with E-state index in [9.17, 15) is 0 Å². The Morgan fingerprint density at radius 2 is 1.95 bits per heavy atom. The molecule has 1 aliphatic rings. The Balaban J connectivity index is 1.55. The van der Waals surface area contributed by atoms with Crippen LogP contribution in [0.2, 0.25) is 0 Å². The maximum absolute atomic E-state index is 5.63. The van der Waals surface area contributed by atoms with Crippen LogP contribution in [0.15, 0.2) is 24.3 Å². The van der Waals surface area contributed by atoms with E-state index in [0.717, 1.165) is 31.6 Å². The molecular weight excluding hydrogens is 246 g/mol. The standard InChI is InChI=1S/C18H29NO/c1-14(2)8-10-20-11-9-19-17-12-16(13-17)18-7-5-4-6-15(18)3/h4-7,14,16-17,19H,8-13H2,1-3H3. The van der Waals surface area contributed by atoms with Crippen molar-refractivity contribution >= 4 is 0 Å². The van der Waals surface area contributed by atoms with Gasteiger partial charge in [0.2, 0.25) is 0 Å². The second-order valence-corrected chi connectivity index (χ2v) is 6.47. The van der Waals surface area contributed by atoms with E-state index in [1.54, 1.807) is 5.56 Å². The highest BCUT2D eigenvalue weighted by Crippen LogP contribution is 2.38. The Kier molecular flexibility index (Phi) is 6.06. The molecule has 0 spiro atoms. The highest BCUT2D eigenvalue weighted by molar-refractivity contribution is 5.31. The molecule has 0 atom stereocenters. The Labute approximate surface area is 123 Å². The molecule has 1 saturated carbocycles. The van der Waals surface area contributed by atoms with Gasteiger partial charge in [0.1, 0.15) is 0 Å². The first kappa shape index (κ1) is 15.5. The summed E-state index contributed by atoms with van der Waals surface area (Å²) in [5.74, 6) is 1.50. The Morgan fingerprint density at radius 3 is 2.65 bits per heavy atom. The van der Waals surface area contributed by atoms with Crippen molar-refractivity contribution in [1.29, 1.82) is 0 Å². The van der Waals surface area contributed by atoms with Gasteiger partial charge in [-0.05, 0) is 49.1 Å². The van der Waals surface area contributed by atoms with Gasteiger partial charge in [-0.25, -0.2) is 0 Å². The summed E-state index contributed by atoms with van der Waals surface area (Å²) in [6, 6.07) is 9.48. The molecule has 2 nitrogen and oxygen atoms in total. The highest BCUT2D eigenvalue weighted by atomic mass is 16.5. The molecule has 1 aromatic rings. The van der Waals surface area contributed by atoms with Crippen LogP contribution >= 0.6 is 0 Å². The molecule has 112 valence electrons. The van der Waals surface area contributed by atoms with E-state index in [1.165, 1.54) is 24.8 Å². The van der Waals surface area contributed by atoms with E-state index in [2.05, 4.69) is 50.4 Å². The van der Waals surface area contributed by atoms with Crippen LogP contribution in [-0.4, -0.2) is 25.8 Å². The monoisotopic (exact) mass is 275 g/mol. The average molecular weight is 275 g/mol. The molecule has 0 aliphatic heterocycles. The number of aryl methyl sites for hydroxylation is 1. The van der Waals surface area contributed by atoms with Gasteiger partial charge in [0.25, 0.3) is 0 Å². The van der Waals surface area contributed by atoms with Crippen LogP contribution in [0.25, 0.3) is 0 Å². The van der Waals surface area contributed by atoms with Crippen LogP contribution in [0.4, 0.5) is 0 Å². The second-order valence-electron chi connectivity index (χ2n) is 6.47. The SMILES string of the molecule is Cc1ccccc1C1CC(NCCOCCC(C)C)C1. The largest absolute Gasteiger partial charge is 0.380 e. The van der Waals surface area contributed by atoms with E-state index in [4.69, 9.17) is 4.74 Å². The van der Waals surface area contributed by atoms with Crippen molar-refractivity contribution in [2.75, 3.05) is 19.8 Å². The minimum absolute atomic E-state index is 0.688. The van der Waals surface area contributed by atoms with Gasteiger partial charge >= 0.3 is 0 Å². The normalized spacial score (nSPS) is 22.0. The molecule has 2 heteroatoms. The molecule has 1 fully saturated rings. The quantitative estimate of drug-likeness (QED) is 0.727. The van der Waals surface area contributed by atoms with Crippen molar-refractivity contribution in [2.45, 2.75) is 52.0 Å². The van der Waals surface area contributed by atoms with Gasteiger partial charge in [-0.2, -0.15) is 0 Å². The molecule has 0 unspecified atom stereocenters. The number of ether oxygens (including phenoxy) is 1. The van der Waals surface area contributed by atoms with Gasteiger partial charge in [-0.15, -0.1) is 0 Å². The van der Waals surface area contributed by atoms with E-state index >= 15 is 0 Å². The van der Waals surface area contributed by atoms with Crippen LogP contribution in [-0.2, 0) is 4.74 Å². The van der Waals surface area contributed by atoms with Crippen molar-refractivity contribution in [3.05, 3.63) is 35.4 Å². The zero-order chi connectivity index (χ0) is 14.4. The number of hydrogen-bond donors (Lipinski definition) is 1. The summed E-state index contributed by atoms with van der Waals surface area (Å²) >= 11 is 0. The van der Waals surface area contributed by atoms with Gasteiger partial charge in [0, 0.05) is 19.2 Å². The fourth-order valence-electron chi connectivity index (χ4n) is 2.84. The molecule has 20 heavy (non-hydrogen) atoms. The van der Waals surface area contributed by atoms with E-state index in [0.29, 0.717) is 6.04 Å². The van der Waals surface area contributed by atoms with Crippen molar-refractivity contribution < 1.29 is 4.74 Å². The topological polar surface area (TPSA) is 21.3 Å². The molecule has 1 aliphatic carbocycles. The molecule has 2 rings (SSSR count). The molecule has 0 heterocycles. The molecule has 0 radical (unpaired) electrons. The zero-order valence-electron chi connectivity index (χ0n) is 13.2. The summed E-state index contributed by atoms with van der Waals surface area (Å²) in [6.07, 6.45) is 3.71. The van der Waals surface area contributed by atoms with Crippen molar-refractivity contribution in [3.63, 3.8) is 0 Å². The minimum atomic E-state index is 0.688. The van der Waals surface area contributed by atoms with Crippen LogP contribution in [0.3, 0.4) is 0 Å². The average Bonchev–Trinajstić information content (AvgIpc) is 2.36. The van der Waals surface area contributed by atoms with Crippen molar-refractivity contribution in [3.8, 4) is 0 Å². The molecule has 1 N–H and O–H groups in total. The molecule has 0 amide bonds. The zero-order valence-corrected chi connectivity index (χ0v) is 13.2. The fraction of sp³-hybridized carbons (Fsp3) is 0.667. The number of hydrogen-bond acceptors (Lipinski definition) is 2. The fourth-order valence-corrected chi connectivity index (χ4v) is 2.84. The van der Waals surface area contributed by atoms with Gasteiger partial charge in [0.05, 0.1) is 6.61 Å². The number of benzene rings is 1. The van der Waals surface area contributed by atoms with E-state index < -0.39 is 0 Å². The summed E-state index contributed by atoms with van der Waals surface area (Å²) in [4.78, 5) is 0. The van der Waals surface area contributed by atoms with Gasteiger partial charge in [0.15, 0.2) is 0 Å². The summed E-state index contributed by atoms with van der Waals surface area (Å²) in [7, 11) is 0. The lowest BCUT2D eigenvalue weighted by atomic mass is 9.74. The maximum Gasteiger partial charge on any atom is 0.0591 e. The van der Waals surface area contributed by atoms with Crippen LogP contribution in [0.1, 0.15) is 50.2 Å².